The third kappa shape index (κ3) is 4.40. The highest BCUT2D eigenvalue weighted by Gasteiger charge is 2.25. The van der Waals surface area contributed by atoms with Gasteiger partial charge in [-0.1, -0.05) is 36.4 Å². The van der Waals surface area contributed by atoms with Crippen LogP contribution in [-0.4, -0.2) is 45.0 Å². The SMILES string of the molecule is O=C(c1cnc(-c2ccccc2)nc1)N1CCC[C@H](OCc2cccnc2)C1. The van der Waals surface area contributed by atoms with Crippen LogP contribution in [0.2, 0.25) is 0 Å². The number of hydrogen-bond acceptors (Lipinski definition) is 5. The Hall–Kier alpha value is -3.12. The van der Waals surface area contributed by atoms with Crippen molar-refractivity contribution in [1.82, 2.24) is 19.9 Å². The standard InChI is InChI=1S/C22H22N4O2/c27-22(19-13-24-21(25-14-19)18-7-2-1-3-8-18)26-11-5-9-20(15-26)28-16-17-6-4-10-23-12-17/h1-4,6-8,10,12-14,20H,5,9,11,15-16H2/t20-/m0/s1. The molecule has 0 bridgehead atoms. The van der Waals surface area contributed by atoms with Crippen LogP contribution in [0, 0.1) is 0 Å². The highest BCUT2D eigenvalue weighted by atomic mass is 16.5. The van der Waals surface area contributed by atoms with Gasteiger partial charge in [0.2, 0.25) is 0 Å². The first-order chi connectivity index (χ1) is 13.8. The van der Waals surface area contributed by atoms with Crippen molar-refractivity contribution in [3.05, 3.63) is 78.4 Å². The maximum Gasteiger partial charge on any atom is 0.257 e. The van der Waals surface area contributed by atoms with Gasteiger partial charge < -0.3 is 9.64 Å². The molecule has 1 aliphatic rings. The van der Waals surface area contributed by atoms with Gasteiger partial charge >= 0.3 is 0 Å². The second kappa shape index (κ2) is 8.71. The molecule has 0 N–H and O–H groups in total. The van der Waals surface area contributed by atoms with Crippen LogP contribution in [0.25, 0.3) is 11.4 Å². The van der Waals surface area contributed by atoms with E-state index in [9.17, 15) is 4.79 Å². The van der Waals surface area contributed by atoms with Crippen molar-refractivity contribution in [2.45, 2.75) is 25.6 Å². The minimum Gasteiger partial charge on any atom is -0.372 e. The first-order valence-corrected chi connectivity index (χ1v) is 9.47. The molecule has 1 saturated heterocycles. The van der Waals surface area contributed by atoms with Crippen LogP contribution < -0.4 is 0 Å². The number of nitrogens with zero attached hydrogens (tertiary/aromatic N) is 4. The Morgan fingerprint density at radius 1 is 1.07 bits per heavy atom. The first-order valence-electron chi connectivity index (χ1n) is 9.47. The second-order valence-electron chi connectivity index (χ2n) is 6.85. The number of ether oxygens (including phenoxy) is 1. The molecule has 3 aromatic rings. The Morgan fingerprint density at radius 3 is 2.64 bits per heavy atom. The maximum atomic E-state index is 12.8. The van der Waals surface area contributed by atoms with Gasteiger partial charge in [0.15, 0.2) is 5.82 Å². The van der Waals surface area contributed by atoms with E-state index in [1.807, 2.05) is 47.4 Å². The summed E-state index contributed by atoms with van der Waals surface area (Å²) in [7, 11) is 0. The topological polar surface area (TPSA) is 68.2 Å². The summed E-state index contributed by atoms with van der Waals surface area (Å²) in [6, 6.07) is 13.6. The molecule has 1 atom stereocenters. The number of carbonyl (C=O) groups excluding carboxylic acids is 1. The largest absolute Gasteiger partial charge is 0.372 e. The maximum absolute atomic E-state index is 12.8. The molecule has 3 heterocycles. The van der Waals surface area contributed by atoms with Crippen LogP contribution in [0.4, 0.5) is 0 Å². The quantitative estimate of drug-likeness (QED) is 0.685. The van der Waals surface area contributed by atoms with E-state index < -0.39 is 0 Å². The second-order valence-corrected chi connectivity index (χ2v) is 6.85. The molecule has 0 radical (unpaired) electrons. The lowest BCUT2D eigenvalue weighted by Gasteiger charge is -2.32. The molecule has 0 unspecified atom stereocenters. The van der Waals surface area contributed by atoms with Crippen LogP contribution in [0.1, 0.15) is 28.8 Å². The number of likely N-dealkylation sites (tertiary alicyclic amines) is 1. The van der Waals surface area contributed by atoms with Gasteiger partial charge in [-0.3, -0.25) is 9.78 Å². The average Bonchev–Trinajstić information content (AvgIpc) is 2.79. The van der Waals surface area contributed by atoms with Crippen molar-refractivity contribution in [2.24, 2.45) is 0 Å². The number of carbonyl (C=O) groups is 1. The van der Waals surface area contributed by atoms with Crippen LogP contribution in [-0.2, 0) is 11.3 Å². The van der Waals surface area contributed by atoms with Crippen LogP contribution >= 0.6 is 0 Å². The molecule has 4 rings (SSSR count). The Kier molecular flexibility index (Phi) is 5.68. The van der Waals surface area contributed by atoms with Crippen molar-refractivity contribution >= 4 is 5.91 Å². The van der Waals surface area contributed by atoms with Gasteiger partial charge in [-0.2, -0.15) is 0 Å². The number of pyridine rings is 1. The minimum absolute atomic E-state index is 0.0300. The fourth-order valence-electron chi connectivity index (χ4n) is 3.31. The summed E-state index contributed by atoms with van der Waals surface area (Å²) in [5, 5.41) is 0. The van der Waals surface area contributed by atoms with Crippen molar-refractivity contribution in [3.8, 4) is 11.4 Å². The highest BCUT2D eigenvalue weighted by molar-refractivity contribution is 5.93. The fourth-order valence-corrected chi connectivity index (χ4v) is 3.31. The smallest absolute Gasteiger partial charge is 0.257 e. The normalized spacial score (nSPS) is 16.7. The summed E-state index contributed by atoms with van der Waals surface area (Å²) >= 11 is 0. The van der Waals surface area contributed by atoms with Gasteiger partial charge in [-0.25, -0.2) is 9.97 Å². The summed E-state index contributed by atoms with van der Waals surface area (Å²) in [5.41, 5.74) is 2.48. The Morgan fingerprint density at radius 2 is 1.89 bits per heavy atom. The van der Waals surface area contributed by atoms with E-state index in [0.29, 0.717) is 24.5 Å². The molecule has 6 heteroatoms. The molecule has 1 amide bonds. The lowest BCUT2D eigenvalue weighted by molar-refractivity contribution is -0.00683. The number of benzene rings is 1. The zero-order chi connectivity index (χ0) is 19.2. The molecule has 1 aliphatic heterocycles. The molecule has 0 spiro atoms. The van der Waals surface area contributed by atoms with E-state index >= 15 is 0 Å². The van der Waals surface area contributed by atoms with Gasteiger partial charge in [0.05, 0.1) is 18.3 Å². The van der Waals surface area contributed by atoms with Gasteiger partial charge in [-0.15, -0.1) is 0 Å². The molecule has 28 heavy (non-hydrogen) atoms. The molecule has 2 aromatic heterocycles. The number of amides is 1. The van der Waals surface area contributed by atoms with Gasteiger partial charge in [0.1, 0.15) is 0 Å². The van der Waals surface area contributed by atoms with Crippen molar-refractivity contribution in [3.63, 3.8) is 0 Å². The van der Waals surface area contributed by atoms with Gasteiger partial charge in [0, 0.05) is 43.4 Å². The number of rotatable bonds is 5. The Bertz CT molecular complexity index is 901. The molecule has 0 saturated carbocycles. The van der Waals surface area contributed by atoms with Crippen LogP contribution in [0.15, 0.2) is 67.3 Å². The van der Waals surface area contributed by atoms with E-state index in [0.717, 1.165) is 30.5 Å². The third-order valence-electron chi connectivity index (χ3n) is 4.80. The molecular formula is C22H22N4O2. The number of piperidine rings is 1. The van der Waals surface area contributed by atoms with Crippen LogP contribution in [0.3, 0.4) is 0 Å². The summed E-state index contributed by atoms with van der Waals surface area (Å²) < 4.78 is 6.00. The molecule has 142 valence electrons. The zero-order valence-electron chi connectivity index (χ0n) is 15.6. The summed E-state index contributed by atoms with van der Waals surface area (Å²) in [6.07, 6.45) is 8.67. The summed E-state index contributed by atoms with van der Waals surface area (Å²) in [4.78, 5) is 27.5. The lowest BCUT2D eigenvalue weighted by atomic mass is 10.1. The summed E-state index contributed by atoms with van der Waals surface area (Å²) in [5.74, 6) is 0.572. The van der Waals surface area contributed by atoms with E-state index in [2.05, 4.69) is 15.0 Å². The lowest BCUT2D eigenvalue weighted by Crippen LogP contribution is -2.43. The predicted octanol–water partition coefficient (Wildman–Crippen LogP) is 3.36. The van der Waals surface area contributed by atoms with Crippen LogP contribution in [0.5, 0.6) is 0 Å². The van der Waals surface area contributed by atoms with Crippen molar-refractivity contribution in [1.29, 1.82) is 0 Å². The van der Waals surface area contributed by atoms with E-state index in [4.69, 9.17) is 4.74 Å². The molecule has 0 aliphatic carbocycles. The monoisotopic (exact) mass is 374 g/mol. The van der Waals surface area contributed by atoms with E-state index in [1.165, 1.54) is 0 Å². The van der Waals surface area contributed by atoms with Gasteiger partial charge in [0.25, 0.3) is 5.91 Å². The van der Waals surface area contributed by atoms with E-state index in [1.54, 1.807) is 24.8 Å². The predicted molar refractivity (Wildman–Crippen MR) is 105 cm³/mol. The summed E-state index contributed by atoms with van der Waals surface area (Å²) in [6.45, 7) is 1.82. The fraction of sp³-hybridized carbons (Fsp3) is 0.273. The van der Waals surface area contributed by atoms with E-state index in [-0.39, 0.29) is 12.0 Å². The van der Waals surface area contributed by atoms with Crippen molar-refractivity contribution in [2.75, 3.05) is 13.1 Å². The molecule has 1 aromatic carbocycles. The Labute approximate surface area is 164 Å². The third-order valence-corrected chi connectivity index (χ3v) is 4.80. The average molecular weight is 374 g/mol. The molecule has 1 fully saturated rings. The molecule has 6 nitrogen and oxygen atoms in total. The number of hydrogen-bond donors (Lipinski definition) is 0. The molecular weight excluding hydrogens is 352 g/mol. The highest BCUT2D eigenvalue weighted by Crippen LogP contribution is 2.18. The number of aromatic nitrogens is 3. The van der Waals surface area contributed by atoms with Gasteiger partial charge in [-0.05, 0) is 24.5 Å². The Balaban J connectivity index is 1.37. The minimum atomic E-state index is -0.0470. The zero-order valence-corrected chi connectivity index (χ0v) is 15.6. The first kappa shape index (κ1) is 18.3. The van der Waals surface area contributed by atoms with Crippen molar-refractivity contribution < 1.29 is 9.53 Å².